The third-order valence-electron chi connectivity index (χ3n) is 5.39. The SMILES string of the molecule is CC1CCC(C(C)C)C(NC2CCN(S(C)(=O)=O)CC2)C1. The van der Waals surface area contributed by atoms with E-state index in [2.05, 4.69) is 26.1 Å². The number of piperidine rings is 1. The van der Waals surface area contributed by atoms with Gasteiger partial charge in [-0.05, 0) is 43.4 Å². The lowest BCUT2D eigenvalue weighted by Gasteiger charge is -2.41. The first-order chi connectivity index (χ1) is 9.77. The Hall–Kier alpha value is -0.130. The maximum atomic E-state index is 11.6. The van der Waals surface area contributed by atoms with Crippen LogP contribution in [0, 0.1) is 17.8 Å². The minimum atomic E-state index is -3.01. The number of sulfonamides is 1. The third-order valence-corrected chi connectivity index (χ3v) is 6.70. The molecule has 0 amide bonds. The van der Waals surface area contributed by atoms with E-state index in [-0.39, 0.29) is 0 Å². The molecule has 0 aromatic heterocycles. The second-order valence-corrected chi connectivity index (χ2v) is 9.52. The van der Waals surface area contributed by atoms with E-state index in [1.807, 2.05) is 0 Å². The molecule has 1 saturated heterocycles. The zero-order valence-corrected chi connectivity index (χ0v) is 14.8. The molecule has 2 fully saturated rings. The van der Waals surface area contributed by atoms with Crippen LogP contribution in [0.15, 0.2) is 0 Å². The Morgan fingerprint density at radius 1 is 1.10 bits per heavy atom. The molecule has 2 rings (SSSR count). The first-order valence-electron chi connectivity index (χ1n) is 8.48. The molecule has 0 aromatic rings. The fourth-order valence-corrected chi connectivity index (χ4v) is 4.92. The van der Waals surface area contributed by atoms with Crippen molar-refractivity contribution in [1.82, 2.24) is 9.62 Å². The molecule has 4 nitrogen and oxygen atoms in total. The van der Waals surface area contributed by atoms with Crippen LogP contribution in [0.2, 0.25) is 0 Å². The highest BCUT2D eigenvalue weighted by molar-refractivity contribution is 7.88. The van der Waals surface area contributed by atoms with E-state index in [9.17, 15) is 8.42 Å². The van der Waals surface area contributed by atoms with Gasteiger partial charge in [-0.3, -0.25) is 0 Å². The number of hydrogen-bond acceptors (Lipinski definition) is 3. The Labute approximate surface area is 130 Å². The number of rotatable bonds is 4. The normalized spacial score (nSPS) is 33.5. The maximum absolute atomic E-state index is 11.6. The molecular weight excluding hydrogens is 284 g/mol. The molecule has 1 saturated carbocycles. The van der Waals surface area contributed by atoms with Crippen molar-refractivity contribution in [3.8, 4) is 0 Å². The van der Waals surface area contributed by atoms with Crippen molar-refractivity contribution < 1.29 is 8.42 Å². The summed E-state index contributed by atoms with van der Waals surface area (Å²) in [5, 5.41) is 3.87. The molecule has 2 aliphatic rings. The molecule has 1 aliphatic heterocycles. The first kappa shape index (κ1) is 17.2. The van der Waals surface area contributed by atoms with Crippen molar-refractivity contribution in [2.45, 2.75) is 65.0 Å². The minimum Gasteiger partial charge on any atom is -0.311 e. The Bertz CT molecular complexity index is 428. The molecule has 3 unspecified atom stereocenters. The Balaban J connectivity index is 1.89. The standard InChI is InChI=1S/C16H32N2O2S/c1-12(2)15-6-5-13(3)11-16(15)17-14-7-9-18(10-8-14)21(4,19)20/h12-17H,5-11H2,1-4H3. The highest BCUT2D eigenvalue weighted by atomic mass is 32.2. The van der Waals surface area contributed by atoms with Crippen LogP contribution in [0.5, 0.6) is 0 Å². The Kier molecular flexibility index (Phi) is 5.71. The van der Waals surface area contributed by atoms with E-state index in [0.29, 0.717) is 25.2 Å². The molecule has 0 bridgehead atoms. The molecule has 1 N–H and O–H groups in total. The third kappa shape index (κ3) is 4.67. The lowest BCUT2D eigenvalue weighted by molar-refractivity contribution is 0.146. The topological polar surface area (TPSA) is 49.4 Å². The van der Waals surface area contributed by atoms with Gasteiger partial charge in [0.25, 0.3) is 0 Å². The molecule has 0 spiro atoms. The summed E-state index contributed by atoms with van der Waals surface area (Å²) in [6.07, 6.45) is 7.17. The van der Waals surface area contributed by atoms with Crippen molar-refractivity contribution in [2.75, 3.05) is 19.3 Å². The van der Waals surface area contributed by atoms with E-state index in [1.54, 1.807) is 4.31 Å². The molecule has 1 heterocycles. The molecule has 5 heteroatoms. The number of nitrogens with one attached hydrogen (secondary N) is 1. The summed E-state index contributed by atoms with van der Waals surface area (Å²) < 4.78 is 24.8. The van der Waals surface area contributed by atoms with Crippen LogP contribution in [0.1, 0.15) is 52.9 Å². The largest absolute Gasteiger partial charge is 0.311 e. The van der Waals surface area contributed by atoms with Crippen LogP contribution in [-0.2, 0) is 10.0 Å². The van der Waals surface area contributed by atoms with E-state index >= 15 is 0 Å². The van der Waals surface area contributed by atoms with Gasteiger partial charge in [0, 0.05) is 25.2 Å². The van der Waals surface area contributed by atoms with Gasteiger partial charge in [-0.15, -0.1) is 0 Å². The summed E-state index contributed by atoms with van der Waals surface area (Å²) in [4.78, 5) is 0. The van der Waals surface area contributed by atoms with Gasteiger partial charge < -0.3 is 5.32 Å². The molecule has 0 aromatic carbocycles. The van der Waals surface area contributed by atoms with Crippen molar-refractivity contribution in [1.29, 1.82) is 0 Å². The average molecular weight is 317 g/mol. The zero-order valence-electron chi connectivity index (χ0n) is 14.0. The van der Waals surface area contributed by atoms with Gasteiger partial charge >= 0.3 is 0 Å². The fraction of sp³-hybridized carbons (Fsp3) is 1.00. The predicted octanol–water partition coefficient (Wildman–Crippen LogP) is 2.46. The summed E-state index contributed by atoms with van der Waals surface area (Å²) >= 11 is 0. The summed E-state index contributed by atoms with van der Waals surface area (Å²) in [5.41, 5.74) is 0. The minimum absolute atomic E-state index is 0.486. The monoisotopic (exact) mass is 316 g/mol. The first-order valence-corrected chi connectivity index (χ1v) is 10.3. The Morgan fingerprint density at radius 3 is 2.24 bits per heavy atom. The summed E-state index contributed by atoms with van der Waals surface area (Å²) in [6, 6.07) is 1.10. The second kappa shape index (κ2) is 6.97. The smallest absolute Gasteiger partial charge is 0.211 e. The van der Waals surface area contributed by atoms with Gasteiger partial charge in [0.2, 0.25) is 10.0 Å². The van der Waals surface area contributed by atoms with Gasteiger partial charge in [0.1, 0.15) is 0 Å². The molecule has 21 heavy (non-hydrogen) atoms. The van der Waals surface area contributed by atoms with Crippen LogP contribution in [0.4, 0.5) is 0 Å². The highest BCUT2D eigenvalue weighted by Crippen LogP contribution is 2.34. The highest BCUT2D eigenvalue weighted by Gasteiger charge is 2.33. The predicted molar refractivity (Wildman–Crippen MR) is 87.7 cm³/mol. The lowest BCUT2D eigenvalue weighted by atomic mass is 9.73. The summed E-state index contributed by atoms with van der Waals surface area (Å²) in [7, 11) is -3.01. The van der Waals surface area contributed by atoms with Crippen LogP contribution < -0.4 is 5.32 Å². The maximum Gasteiger partial charge on any atom is 0.211 e. The summed E-state index contributed by atoms with van der Waals surface area (Å²) in [6.45, 7) is 8.37. The molecular formula is C16H32N2O2S. The van der Waals surface area contributed by atoms with Crippen LogP contribution in [-0.4, -0.2) is 44.2 Å². The van der Waals surface area contributed by atoms with E-state index in [0.717, 1.165) is 30.6 Å². The van der Waals surface area contributed by atoms with Crippen molar-refractivity contribution in [2.24, 2.45) is 17.8 Å². The van der Waals surface area contributed by atoms with Gasteiger partial charge in [0.15, 0.2) is 0 Å². The van der Waals surface area contributed by atoms with E-state index < -0.39 is 10.0 Å². The summed E-state index contributed by atoms with van der Waals surface area (Å²) in [5.74, 6) is 2.31. The van der Waals surface area contributed by atoms with Gasteiger partial charge in [-0.25, -0.2) is 12.7 Å². The van der Waals surface area contributed by atoms with E-state index in [1.165, 1.54) is 25.5 Å². The van der Waals surface area contributed by atoms with Crippen LogP contribution in [0.3, 0.4) is 0 Å². The molecule has 124 valence electrons. The molecule has 3 atom stereocenters. The Morgan fingerprint density at radius 2 is 1.71 bits per heavy atom. The number of hydrogen-bond donors (Lipinski definition) is 1. The van der Waals surface area contributed by atoms with Crippen LogP contribution in [0.25, 0.3) is 0 Å². The van der Waals surface area contributed by atoms with Crippen molar-refractivity contribution in [3.05, 3.63) is 0 Å². The van der Waals surface area contributed by atoms with Gasteiger partial charge in [0.05, 0.1) is 6.26 Å². The second-order valence-electron chi connectivity index (χ2n) is 7.54. The van der Waals surface area contributed by atoms with Gasteiger partial charge in [-0.1, -0.05) is 27.2 Å². The number of nitrogens with zero attached hydrogens (tertiary/aromatic N) is 1. The zero-order chi connectivity index (χ0) is 15.6. The molecule has 1 aliphatic carbocycles. The fourth-order valence-electron chi connectivity index (χ4n) is 4.05. The van der Waals surface area contributed by atoms with Crippen LogP contribution >= 0.6 is 0 Å². The quantitative estimate of drug-likeness (QED) is 0.867. The molecule has 0 radical (unpaired) electrons. The average Bonchev–Trinajstić information content (AvgIpc) is 2.38. The lowest BCUT2D eigenvalue weighted by Crippen LogP contribution is -2.51. The van der Waals surface area contributed by atoms with Gasteiger partial charge in [-0.2, -0.15) is 0 Å². The van der Waals surface area contributed by atoms with E-state index in [4.69, 9.17) is 0 Å². The van der Waals surface area contributed by atoms with Crippen molar-refractivity contribution in [3.63, 3.8) is 0 Å². The van der Waals surface area contributed by atoms with Crippen molar-refractivity contribution >= 4 is 10.0 Å².